The molecule has 0 N–H and O–H groups in total. The molecule has 1 aliphatic rings. The van der Waals surface area contributed by atoms with Gasteiger partial charge in [-0.1, -0.05) is 0 Å². The van der Waals surface area contributed by atoms with E-state index in [0.717, 1.165) is 12.8 Å². The van der Waals surface area contributed by atoms with E-state index in [1.54, 1.807) is 12.4 Å². The molecule has 14 heavy (non-hydrogen) atoms. The topological polar surface area (TPSA) is 52.1 Å². The summed E-state index contributed by atoms with van der Waals surface area (Å²) in [5.41, 5.74) is 0.190. The number of methoxy groups -OCH3 is 1. The zero-order valence-electron chi connectivity index (χ0n) is 7.66. The Kier molecular flexibility index (Phi) is 2.26. The molecular formula is C9H9BrN2O2. The highest BCUT2D eigenvalue weighted by atomic mass is 79.9. The number of hydrogen-bond acceptors (Lipinski definition) is 4. The Hall–Kier alpha value is -0.970. The van der Waals surface area contributed by atoms with Crippen LogP contribution in [0, 0.1) is 0 Å². The zero-order chi connectivity index (χ0) is 10.2. The summed E-state index contributed by atoms with van der Waals surface area (Å²) in [6.07, 6.45) is 4.82. The van der Waals surface area contributed by atoms with Gasteiger partial charge in [0.1, 0.15) is 10.0 Å². The Balaban J connectivity index is 2.31. The quantitative estimate of drug-likeness (QED) is 0.752. The van der Waals surface area contributed by atoms with Crippen molar-refractivity contribution < 1.29 is 9.53 Å². The predicted octanol–water partition coefficient (Wildman–Crippen LogP) is 1.44. The van der Waals surface area contributed by atoms with E-state index in [2.05, 4.69) is 25.9 Å². The molecule has 1 fully saturated rings. The number of carbonyl (C=O) groups is 1. The summed E-state index contributed by atoms with van der Waals surface area (Å²) >= 11 is 3.20. The number of hydrogen-bond donors (Lipinski definition) is 0. The van der Waals surface area contributed by atoms with E-state index in [1.165, 1.54) is 7.11 Å². The number of rotatable bonds is 2. The van der Waals surface area contributed by atoms with Gasteiger partial charge in [-0.15, -0.1) is 0 Å². The first kappa shape index (κ1) is 9.58. The summed E-state index contributed by atoms with van der Waals surface area (Å²) in [4.78, 5) is 19.7. The third kappa shape index (κ3) is 1.41. The van der Waals surface area contributed by atoms with Crippen LogP contribution in [-0.4, -0.2) is 23.0 Å². The molecule has 5 heteroatoms. The molecule has 0 aromatic carbocycles. The maximum Gasteiger partial charge on any atom is 0.317 e. The van der Waals surface area contributed by atoms with Crippen LogP contribution in [-0.2, 0) is 14.9 Å². The maximum absolute atomic E-state index is 11.5. The van der Waals surface area contributed by atoms with E-state index < -0.39 is 5.41 Å². The summed E-state index contributed by atoms with van der Waals surface area (Å²) < 4.78 is 5.41. The first-order chi connectivity index (χ1) is 6.69. The zero-order valence-corrected chi connectivity index (χ0v) is 9.24. The van der Waals surface area contributed by atoms with E-state index in [1.807, 2.05) is 0 Å². The van der Waals surface area contributed by atoms with E-state index >= 15 is 0 Å². The fourth-order valence-corrected chi connectivity index (χ4v) is 1.65. The first-order valence-electron chi connectivity index (χ1n) is 4.25. The van der Waals surface area contributed by atoms with Gasteiger partial charge in [0.05, 0.1) is 25.2 Å². The summed E-state index contributed by atoms with van der Waals surface area (Å²) in [6.45, 7) is 0. The highest BCUT2D eigenvalue weighted by Crippen LogP contribution is 2.48. The van der Waals surface area contributed by atoms with E-state index in [0.29, 0.717) is 10.3 Å². The van der Waals surface area contributed by atoms with Gasteiger partial charge in [-0.3, -0.25) is 9.78 Å². The SMILES string of the molecule is COC(=O)C1(c2cnc(Br)cn2)CC1. The number of halogens is 1. The number of aromatic nitrogens is 2. The lowest BCUT2D eigenvalue weighted by Crippen LogP contribution is -2.23. The van der Waals surface area contributed by atoms with Crippen molar-refractivity contribution in [2.24, 2.45) is 0 Å². The molecule has 0 saturated heterocycles. The Morgan fingerprint density at radius 2 is 2.21 bits per heavy atom. The highest BCUT2D eigenvalue weighted by molar-refractivity contribution is 9.10. The molecule has 1 aromatic rings. The van der Waals surface area contributed by atoms with Gasteiger partial charge in [0.2, 0.25) is 0 Å². The van der Waals surface area contributed by atoms with Gasteiger partial charge in [0.25, 0.3) is 0 Å². The minimum atomic E-state index is -0.511. The van der Waals surface area contributed by atoms with Crippen molar-refractivity contribution in [1.29, 1.82) is 0 Å². The van der Waals surface area contributed by atoms with Crippen molar-refractivity contribution in [2.75, 3.05) is 7.11 Å². The Labute approximate surface area is 89.8 Å². The average molecular weight is 257 g/mol. The first-order valence-corrected chi connectivity index (χ1v) is 5.05. The van der Waals surface area contributed by atoms with Crippen LogP contribution in [0.5, 0.6) is 0 Å². The van der Waals surface area contributed by atoms with Crippen molar-refractivity contribution >= 4 is 21.9 Å². The molecule has 0 spiro atoms. The van der Waals surface area contributed by atoms with Crippen molar-refractivity contribution in [2.45, 2.75) is 18.3 Å². The largest absolute Gasteiger partial charge is 0.468 e. The second kappa shape index (κ2) is 3.31. The van der Waals surface area contributed by atoms with Gasteiger partial charge in [-0.05, 0) is 28.8 Å². The van der Waals surface area contributed by atoms with E-state index in [-0.39, 0.29) is 5.97 Å². The van der Waals surface area contributed by atoms with Crippen LogP contribution in [0.15, 0.2) is 17.0 Å². The number of nitrogens with zero attached hydrogens (tertiary/aromatic N) is 2. The standard InChI is InChI=1S/C9H9BrN2O2/c1-14-8(13)9(2-3-9)6-4-12-7(10)5-11-6/h4-5H,2-3H2,1H3. The molecule has 1 heterocycles. The van der Waals surface area contributed by atoms with Crippen LogP contribution < -0.4 is 0 Å². The predicted molar refractivity (Wildman–Crippen MR) is 52.7 cm³/mol. The van der Waals surface area contributed by atoms with Gasteiger partial charge in [-0.2, -0.15) is 0 Å². The molecule has 0 bridgehead atoms. The Morgan fingerprint density at radius 1 is 1.50 bits per heavy atom. The van der Waals surface area contributed by atoms with Crippen molar-refractivity contribution in [3.63, 3.8) is 0 Å². The third-order valence-corrected chi connectivity index (χ3v) is 2.85. The molecule has 0 radical (unpaired) electrons. The average Bonchev–Trinajstić information content (AvgIpc) is 2.99. The second-order valence-corrected chi connectivity index (χ2v) is 4.11. The summed E-state index contributed by atoms with van der Waals surface area (Å²) in [6, 6.07) is 0. The molecule has 1 aromatic heterocycles. The molecule has 0 unspecified atom stereocenters. The fraction of sp³-hybridized carbons (Fsp3) is 0.444. The van der Waals surface area contributed by atoms with Crippen molar-refractivity contribution in [3.05, 3.63) is 22.7 Å². The van der Waals surface area contributed by atoms with Crippen LogP contribution in [0.2, 0.25) is 0 Å². The molecule has 0 amide bonds. The lowest BCUT2D eigenvalue weighted by molar-refractivity contribution is -0.143. The molecule has 74 valence electrons. The number of carbonyl (C=O) groups excluding carboxylic acids is 1. The fourth-order valence-electron chi connectivity index (χ4n) is 1.44. The minimum Gasteiger partial charge on any atom is -0.468 e. The molecule has 1 saturated carbocycles. The monoisotopic (exact) mass is 256 g/mol. The lowest BCUT2D eigenvalue weighted by atomic mass is 10.0. The molecule has 0 aliphatic heterocycles. The van der Waals surface area contributed by atoms with Gasteiger partial charge in [-0.25, -0.2) is 4.98 Å². The van der Waals surface area contributed by atoms with Crippen molar-refractivity contribution in [1.82, 2.24) is 9.97 Å². The van der Waals surface area contributed by atoms with E-state index in [9.17, 15) is 4.79 Å². The summed E-state index contributed by atoms with van der Waals surface area (Å²) in [5.74, 6) is -0.214. The molecule has 0 atom stereocenters. The van der Waals surface area contributed by atoms with Gasteiger partial charge in [0, 0.05) is 0 Å². The summed E-state index contributed by atoms with van der Waals surface area (Å²) in [7, 11) is 1.40. The van der Waals surface area contributed by atoms with Crippen LogP contribution in [0.4, 0.5) is 0 Å². The molecule has 1 aliphatic carbocycles. The molecule has 4 nitrogen and oxygen atoms in total. The van der Waals surface area contributed by atoms with Gasteiger partial charge >= 0.3 is 5.97 Å². The van der Waals surface area contributed by atoms with Gasteiger partial charge in [0.15, 0.2) is 0 Å². The second-order valence-electron chi connectivity index (χ2n) is 3.30. The smallest absolute Gasteiger partial charge is 0.317 e. The normalized spacial score (nSPS) is 17.6. The number of esters is 1. The highest BCUT2D eigenvalue weighted by Gasteiger charge is 2.54. The van der Waals surface area contributed by atoms with Crippen LogP contribution >= 0.6 is 15.9 Å². The van der Waals surface area contributed by atoms with Gasteiger partial charge < -0.3 is 4.74 Å². The number of ether oxygens (including phenoxy) is 1. The maximum atomic E-state index is 11.5. The van der Waals surface area contributed by atoms with Crippen LogP contribution in [0.1, 0.15) is 18.5 Å². The minimum absolute atomic E-state index is 0.214. The van der Waals surface area contributed by atoms with Crippen LogP contribution in [0.25, 0.3) is 0 Å². The lowest BCUT2D eigenvalue weighted by Gasteiger charge is -2.10. The summed E-state index contributed by atoms with van der Waals surface area (Å²) in [5, 5.41) is 0. The third-order valence-electron chi connectivity index (χ3n) is 2.44. The molecular weight excluding hydrogens is 248 g/mol. The van der Waals surface area contributed by atoms with Crippen molar-refractivity contribution in [3.8, 4) is 0 Å². The van der Waals surface area contributed by atoms with Crippen LogP contribution in [0.3, 0.4) is 0 Å². The van der Waals surface area contributed by atoms with E-state index in [4.69, 9.17) is 4.74 Å². The Morgan fingerprint density at radius 3 is 2.64 bits per heavy atom. The Bertz CT molecular complexity index is 360. The molecule has 2 rings (SSSR count).